The number of piperidine rings is 1. The Morgan fingerprint density at radius 3 is 2.81 bits per heavy atom. The second kappa shape index (κ2) is 9.26. The zero-order chi connectivity index (χ0) is 19.2. The van der Waals surface area contributed by atoms with Crippen LogP contribution < -0.4 is 10.1 Å². The molecule has 144 valence electrons. The summed E-state index contributed by atoms with van der Waals surface area (Å²) in [4.78, 5) is 26.0. The molecule has 0 bridgehead atoms. The van der Waals surface area contributed by atoms with Gasteiger partial charge in [0.1, 0.15) is 11.4 Å². The van der Waals surface area contributed by atoms with Gasteiger partial charge in [0.2, 0.25) is 0 Å². The molecule has 0 spiro atoms. The van der Waals surface area contributed by atoms with Crippen LogP contribution in [0.3, 0.4) is 0 Å². The lowest BCUT2D eigenvalue weighted by molar-refractivity contribution is -0.135. The first-order chi connectivity index (χ1) is 12.2. The summed E-state index contributed by atoms with van der Waals surface area (Å²) in [6.07, 6.45) is 1.48. The van der Waals surface area contributed by atoms with Gasteiger partial charge in [0.15, 0.2) is 6.61 Å². The molecule has 1 aromatic carbocycles. The quantitative estimate of drug-likeness (QED) is 0.780. The summed E-state index contributed by atoms with van der Waals surface area (Å²) in [5.74, 6) is 0.853. The lowest BCUT2D eigenvalue weighted by Crippen LogP contribution is -2.45. The summed E-state index contributed by atoms with van der Waals surface area (Å²) in [5, 5.41) is 2.80. The molecule has 1 atom stereocenters. The number of ether oxygens (including phenoxy) is 2. The highest BCUT2D eigenvalue weighted by Gasteiger charge is 2.25. The van der Waals surface area contributed by atoms with Crippen molar-refractivity contribution in [1.82, 2.24) is 10.2 Å². The Kier molecular flexibility index (Phi) is 7.32. The van der Waals surface area contributed by atoms with Gasteiger partial charge in [-0.25, -0.2) is 4.79 Å². The minimum absolute atomic E-state index is 0.0165. The van der Waals surface area contributed by atoms with E-state index in [4.69, 9.17) is 9.47 Å². The molecule has 26 heavy (non-hydrogen) atoms. The molecule has 6 nitrogen and oxygen atoms in total. The number of carbonyl (C=O) groups is 2. The third kappa shape index (κ3) is 7.23. The standard InChI is InChI=1S/C19H27BrN2O4/c1-19(2,3)26-18(24)21-11-14-6-5-9-22(12-14)17(23)13-25-16-8-4-7-15(20)10-16/h4,7-8,10,14H,5-6,9,11-13H2,1-3H3,(H,21,24)/t14-/m0/s1. The highest BCUT2D eigenvalue weighted by atomic mass is 79.9. The van der Waals surface area contributed by atoms with Gasteiger partial charge in [-0.1, -0.05) is 22.0 Å². The first kappa shape index (κ1) is 20.6. The Morgan fingerprint density at radius 1 is 1.35 bits per heavy atom. The van der Waals surface area contributed by atoms with Crippen molar-refractivity contribution in [2.75, 3.05) is 26.2 Å². The van der Waals surface area contributed by atoms with E-state index in [0.29, 0.717) is 18.8 Å². The highest BCUT2D eigenvalue weighted by molar-refractivity contribution is 9.10. The third-order valence-corrected chi connectivity index (χ3v) is 4.46. The number of carbonyl (C=O) groups excluding carboxylic acids is 2. The number of amides is 2. The molecule has 1 N–H and O–H groups in total. The zero-order valence-electron chi connectivity index (χ0n) is 15.6. The maximum Gasteiger partial charge on any atom is 0.407 e. The molecule has 0 saturated carbocycles. The number of rotatable bonds is 5. The second-order valence-corrected chi connectivity index (χ2v) is 8.39. The molecular weight excluding hydrogens is 400 g/mol. The normalized spacial score (nSPS) is 17.5. The maximum absolute atomic E-state index is 12.4. The predicted octanol–water partition coefficient (Wildman–Crippen LogP) is 3.59. The first-order valence-corrected chi connectivity index (χ1v) is 9.65. The van der Waals surface area contributed by atoms with Gasteiger partial charge in [0.05, 0.1) is 0 Å². The molecule has 1 aliphatic heterocycles. The first-order valence-electron chi connectivity index (χ1n) is 8.86. The number of nitrogens with zero attached hydrogens (tertiary/aromatic N) is 1. The van der Waals surface area contributed by atoms with Gasteiger partial charge in [0.25, 0.3) is 5.91 Å². The van der Waals surface area contributed by atoms with Gasteiger partial charge in [-0.2, -0.15) is 0 Å². The molecule has 1 aliphatic rings. The van der Waals surface area contributed by atoms with Gasteiger partial charge < -0.3 is 19.7 Å². The largest absolute Gasteiger partial charge is 0.484 e. The van der Waals surface area contributed by atoms with E-state index in [1.54, 1.807) is 0 Å². The van der Waals surface area contributed by atoms with Gasteiger partial charge in [-0.3, -0.25) is 4.79 Å². The Hall–Kier alpha value is -1.76. The van der Waals surface area contributed by atoms with Gasteiger partial charge in [-0.05, 0) is 57.7 Å². The van der Waals surface area contributed by atoms with Crippen LogP contribution in [0, 0.1) is 5.92 Å². The minimum atomic E-state index is -0.511. The monoisotopic (exact) mass is 426 g/mol. The number of hydrogen-bond acceptors (Lipinski definition) is 4. The summed E-state index contributed by atoms with van der Waals surface area (Å²) in [7, 11) is 0. The van der Waals surface area contributed by atoms with E-state index >= 15 is 0 Å². The molecule has 2 amide bonds. The van der Waals surface area contributed by atoms with E-state index in [1.165, 1.54) is 0 Å². The molecule has 0 radical (unpaired) electrons. The molecule has 7 heteroatoms. The molecule has 1 saturated heterocycles. The van der Waals surface area contributed by atoms with Gasteiger partial charge in [-0.15, -0.1) is 0 Å². The van der Waals surface area contributed by atoms with Crippen LogP contribution in [0.1, 0.15) is 33.6 Å². The molecule has 1 fully saturated rings. The van der Waals surface area contributed by atoms with Crippen LogP contribution in [-0.2, 0) is 9.53 Å². The van der Waals surface area contributed by atoms with Gasteiger partial charge in [0, 0.05) is 24.1 Å². The number of nitrogens with one attached hydrogen (secondary N) is 1. The van der Waals surface area contributed by atoms with Crippen LogP contribution in [-0.4, -0.2) is 48.7 Å². The number of benzene rings is 1. The molecule has 1 aromatic rings. The van der Waals surface area contributed by atoms with Crippen molar-refractivity contribution >= 4 is 27.9 Å². The Bertz CT molecular complexity index is 630. The molecule has 0 aliphatic carbocycles. The van der Waals surface area contributed by atoms with Crippen LogP contribution in [0.4, 0.5) is 4.79 Å². The number of hydrogen-bond donors (Lipinski definition) is 1. The second-order valence-electron chi connectivity index (χ2n) is 7.48. The summed E-state index contributed by atoms with van der Waals surface area (Å²) in [5.41, 5.74) is -0.511. The van der Waals surface area contributed by atoms with Crippen LogP contribution in [0.25, 0.3) is 0 Å². The van der Waals surface area contributed by atoms with Gasteiger partial charge >= 0.3 is 6.09 Å². The van der Waals surface area contributed by atoms with Crippen LogP contribution >= 0.6 is 15.9 Å². The van der Waals surface area contributed by atoms with Crippen LogP contribution in [0.5, 0.6) is 5.75 Å². The summed E-state index contributed by atoms with van der Waals surface area (Å²) in [6.45, 7) is 7.37. The van der Waals surface area contributed by atoms with E-state index < -0.39 is 11.7 Å². The number of alkyl carbamates (subject to hydrolysis) is 1. The van der Waals surface area contributed by atoms with E-state index in [2.05, 4.69) is 21.2 Å². The lowest BCUT2D eigenvalue weighted by atomic mass is 9.98. The van der Waals surface area contributed by atoms with Crippen LogP contribution in [0.2, 0.25) is 0 Å². The molecule has 2 rings (SSSR count). The van der Waals surface area contributed by atoms with Crippen molar-refractivity contribution in [1.29, 1.82) is 0 Å². The van der Waals surface area contributed by atoms with Crippen molar-refractivity contribution in [2.24, 2.45) is 5.92 Å². The van der Waals surface area contributed by atoms with E-state index in [1.807, 2.05) is 49.9 Å². The van der Waals surface area contributed by atoms with Crippen LogP contribution in [0.15, 0.2) is 28.7 Å². The van der Waals surface area contributed by atoms with Crippen molar-refractivity contribution in [3.05, 3.63) is 28.7 Å². The van der Waals surface area contributed by atoms with Crippen molar-refractivity contribution in [3.8, 4) is 5.75 Å². The number of likely N-dealkylation sites (tertiary alicyclic amines) is 1. The SMILES string of the molecule is CC(C)(C)OC(=O)NC[C@@H]1CCCN(C(=O)COc2cccc(Br)c2)C1. The maximum atomic E-state index is 12.4. The fourth-order valence-corrected chi connectivity index (χ4v) is 3.17. The fraction of sp³-hybridized carbons (Fsp3) is 0.579. The molecule has 1 heterocycles. The van der Waals surface area contributed by atoms with E-state index in [-0.39, 0.29) is 18.4 Å². The van der Waals surface area contributed by atoms with E-state index in [9.17, 15) is 9.59 Å². The Labute approximate surface area is 163 Å². The molecule has 0 aromatic heterocycles. The minimum Gasteiger partial charge on any atom is -0.484 e. The van der Waals surface area contributed by atoms with E-state index in [0.717, 1.165) is 23.9 Å². The van der Waals surface area contributed by atoms with Crippen molar-refractivity contribution in [3.63, 3.8) is 0 Å². The summed E-state index contributed by atoms with van der Waals surface area (Å²) < 4.78 is 11.7. The Morgan fingerprint density at radius 2 is 2.12 bits per heavy atom. The summed E-state index contributed by atoms with van der Waals surface area (Å²) >= 11 is 3.38. The average molecular weight is 427 g/mol. The topological polar surface area (TPSA) is 67.9 Å². The lowest BCUT2D eigenvalue weighted by Gasteiger charge is -2.33. The molecular formula is C19H27BrN2O4. The van der Waals surface area contributed by atoms with Crippen molar-refractivity contribution < 1.29 is 19.1 Å². The number of halogens is 1. The fourth-order valence-electron chi connectivity index (χ4n) is 2.79. The average Bonchev–Trinajstić information content (AvgIpc) is 2.57. The molecule has 0 unspecified atom stereocenters. The zero-order valence-corrected chi connectivity index (χ0v) is 17.2. The van der Waals surface area contributed by atoms with Crippen molar-refractivity contribution in [2.45, 2.75) is 39.2 Å². The highest BCUT2D eigenvalue weighted by Crippen LogP contribution is 2.19. The smallest absolute Gasteiger partial charge is 0.407 e. The predicted molar refractivity (Wildman–Crippen MR) is 103 cm³/mol. The summed E-state index contributed by atoms with van der Waals surface area (Å²) in [6, 6.07) is 7.42. The third-order valence-electron chi connectivity index (χ3n) is 3.96. The Balaban J connectivity index is 1.76.